The van der Waals surface area contributed by atoms with Gasteiger partial charge in [-0.05, 0) is 5.56 Å². The minimum atomic E-state index is -4.87. The van der Waals surface area contributed by atoms with E-state index in [2.05, 4.69) is 4.74 Å². The van der Waals surface area contributed by atoms with Crippen LogP contribution in [0.25, 0.3) is 0 Å². The fourth-order valence-electron chi connectivity index (χ4n) is 1.39. The van der Waals surface area contributed by atoms with Crippen LogP contribution in [0.4, 0.5) is 13.2 Å². The van der Waals surface area contributed by atoms with Gasteiger partial charge in [-0.3, -0.25) is 0 Å². The lowest BCUT2D eigenvalue weighted by molar-refractivity contribution is -0.203. The van der Waals surface area contributed by atoms with Gasteiger partial charge in [0.05, 0.1) is 7.11 Å². The number of alkyl halides is 3. The molecule has 0 heterocycles. The van der Waals surface area contributed by atoms with Gasteiger partial charge < -0.3 is 10.5 Å². The summed E-state index contributed by atoms with van der Waals surface area (Å²) in [6.45, 7) is 0. The van der Waals surface area contributed by atoms with Crippen molar-refractivity contribution in [3.05, 3.63) is 35.9 Å². The molecule has 0 spiro atoms. The normalized spacial score (nSPS) is 15.1. The van der Waals surface area contributed by atoms with E-state index in [9.17, 15) is 18.0 Å². The topological polar surface area (TPSA) is 52.3 Å². The zero-order valence-corrected chi connectivity index (χ0v) is 9.12. The molecule has 3 nitrogen and oxygen atoms in total. The fourth-order valence-corrected chi connectivity index (χ4v) is 1.39. The largest absolute Gasteiger partial charge is 0.467 e. The maximum Gasteiger partial charge on any atom is 0.417 e. The smallest absolute Gasteiger partial charge is 0.417 e. The number of esters is 1. The van der Waals surface area contributed by atoms with E-state index in [4.69, 9.17) is 5.73 Å². The van der Waals surface area contributed by atoms with Crippen molar-refractivity contribution in [3.8, 4) is 0 Å². The first-order chi connectivity index (χ1) is 7.81. The summed E-state index contributed by atoms with van der Waals surface area (Å²) in [6.07, 6.45) is -5.51. The van der Waals surface area contributed by atoms with Gasteiger partial charge in [-0.15, -0.1) is 0 Å². The van der Waals surface area contributed by atoms with Crippen LogP contribution in [0.3, 0.4) is 0 Å². The molecule has 0 unspecified atom stereocenters. The number of benzene rings is 1. The maximum absolute atomic E-state index is 12.8. The molecule has 0 aliphatic rings. The summed E-state index contributed by atoms with van der Waals surface area (Å²) in [6, 6.07) is 7.74. The molecule has 0 bridgehead atoms. The number of hydrogen-bond acceptors (Lipinski definition) is 3. The van der Waals surface area contributed by atoms with Gasteiger partial charge in [0.1, 0.15) is 0 Å². The Morgan fingerprint density at radius 3 is 2.24 bits per heavy atom. The van der Waals surface area contributed by atoms with E-state index in [1.165, 1.54) is 12.1 Å². The Kier molecular flexibility index (Phi) is 3.77. The monoisotopic (exact) mass is 247 g/mol. The molecule has 1 atom stereocenters. The molecule has 6 heteroatoms. The Labute approximate surface area is 96.4 Å². The second kappa shape index (κ2) is 4.75. The van der Waals surface area contributed by atoms with Crippen molar-refractivity contribution in [2.75, 3.05) is 7.11 Å². The number of nitrogens with two attached hydrogens (primary N) is 1. The highest BCUT2D eigenvalue weighted by atomic mass is 19.4. The molecule has 0 aliphatic carbocycles. The van der Waals surface area contributed by atoms with Crippen LogP contribution in [0.5, 0.6) is 0 Å². The van der Waals surface area contributed by atoms with Gasteiger partial charge in [0.2, 0.25) is 5.54 Å². The van der Waals surface area contributed by atoms with Gasteiger partial charge in [0.15, 0.2) is 0 Å². The average molecular weight is 247 g/mol. The third-order valence-electron chi connectivity index (χ3n) is 2.38. The molecule has 1 aromatic carbocycles. The SMILES string of the molecule is COC(=O)[C@](N)(Cc1ccccc1)C(F)(F)F. The van der Waals surface area contributed by atoms with E-state index in [0.717, 1.165) is 7.11 Å². The summed E-state index contributed by atoms with van der Waals surface area (Å²) >= 11 is 0. The van der Waals surface area contributed by atoms with Crippen molar-refractivity contribution >= 4 is 5.97 Å². The van der Waals surface area contributed by atoms with E-state index in [1.807, 2.05) is 0 Å². The van der Waals surface area contributed by atoms with Crippen LogP contribution in [-0.2, 0) is 16.0 Å². The number of rotatable bonds is 3. The number of ether oxygens (including phenoxy) is 1. The zero-order valence-electron chi connectivity index (χ0n) is 9.12. The minimum Gasteiger partial charge on any atom is -0.467 e. The van der Waals surface area contributed by atoms with Gasteiger partial charge in [0.25, 0.3) is 0 Å². The number of carbonyl (C=O) groups is 1. The third-order valence-corrected chi connectivity index (χ3v) is 2.38. The molecule has 0 saturated heterocycles. The van der Waals surface area contributed by atoms with Crippen molar-refractivity contribution < 1.29 is 22.7 Å². The lowest BCUT2D eigenvalue weighted by Crippen LogP contribution is -2.61. The summed E-state index contributed by atoms with van der Waals surface area (Å²) in [7, 11) is 0.876. The van der Waals surface area contributed by atoms with Crippen LogP contribution in [0.1, 0.15) is 5.56 Å². The van der Waals surface area contributed by atoms with Crippen LogP contribution >= 0.6 is 0 Å². The number of halogens is 3. The van der Waals surface area contributed by atoms with E-state index in [-0.39, 0.29) is 0 Å². The minimum absolute atomic E-state index is 0.317. The second-order valence-electron chi connectivity index (χ2n) is 3.62. The quantitative estimate of drug-likeness (QED) is 0.826. The Balaban J connectivity index is 3.05. The van der Waals surface area contributed by atoms with E-state index >= 15 is 0 Å². The average Bonchev–Trinajstić information content (AvgIpc) is 2.27. The van der Waals surface area contributed by atoms with Crippen LogP contribution in [0, 0.1) is 0 Å². The molecule has 0 amide bonds. The fraction of sp³-hybridized carbons (Fsp3) is 0.364. The molecule has 94 valence electrons. The van der Waals surface area contributed by atoms with Crippen molar-refractivity contribution in [2.45, 2.75) is 18.1 Å². The molecule has 17 heavy (non-hydrogen) atoms. The summed E-state index contributed by atoms with van der Waals surface area (Å²) in [5.74, 6) is -1.49. The highest BCUT2D eigenvalue weighted by Gasteiger charge is 2.58. The highest BCUT2D eigenvalue weighted by molar-refractivity contribution is 5.82. The Hall–Kier alpha value is -1.56. The van der Waals surface area contributed by atoms with Gasteiger partial charge in [0, 0.05) is 6.42 Å². The van der Waals surface area contributed by atoms with Crippen molar-refractivity contribution in [3.63, 3.8) is 0 Å². The molecule has 0 fully saturated rings. The summed E-state index contributed by atoms with van der Waals surface area (Å²) < 4.78 is 42.5. The predicted octanol–water partition coefficient (Wildman–Crippen LogP) is 1.66. The van der Waals surface area contributed by atoms with Crippen LogP contribution in [0.2, 0.25) is 0 Å². The zero-order chi connectivity index (χ0) is 13.1. The highest BCUT2D eigenvalue weighted by Crippen LogP contribution is 2.32. The molecular weight excluding hydrogens is 235 g/mol. The maximum atomic E-state index is 12.8. The van der Waals surface area contributed by atoms with Gasteiger partial charge >= 0.3 is 12.1 Å². The molecule has 0 saturated carbocycles. The molecule has 2 N–H and O–H groups in total. The lowest BCUT2D eigenvalue weighted by Gasteiger charge is -2.28. The number of methoxy groups -OCH3 is 1. The van der Waals surface area contributed by atoms with Gasteiger partial charge in [-0.25, -0.2) is 4.79 Å². The summed E-state index contributed by atoms with van der Waals surface area (Å²) in [5, 5.41) is 0. The van der Waals surface area contributed by atoms with Crippen molar-refractivity contribution in [2.24, 2.45) is 5.73 Å². The van der Waals surface area contributed by atoms with Crippen LogP contribution < -0.4 is 5.73 Å². The third kappa shape index (κ3) is 2.76. The van der Waals surface area contributed by atoms with Gasteiger partial charge in [-0.2, -0.15) is 13.2 Å². The van der Waals surface area contributed by atoms with Crippen molar-refractivity contribution in [1.29, 1.82) is 0 Å². The summed E-state index contributed by atoms with van der Waals surface area (Å²) in [5.41, 5.74) is 2.47. The molecule has 0 radical (unpaired) electrons. The van der Waals surface area contributed by atoms with Crippen molar-refractivity contribution in [1.82, 2.24) is 0 Å². The van der Waals surface area contributed by atoms with E-state index in [0.29, 0.717) is 5.56 Å². The van der Waals surface area contributed by atoms with Gasteiger partial charge in [-0.1, -0.05) is 30.3 Å². The second-order valence-corrected chi connectivity index (χ2v) is 3.62. The first-order valence-electron chi connectivity index (χ1n) is 4.79. The van der Waals surface area contributed by atoms with E-state index in [1.54, 1.807) is 18.2 Å². The Morgan fingerprint density at radius 1 is 1.29 bits per heavy atom. The first-order valence-corrected chi connectivity index (χ1v) is 4.79. The standard InChI is InChI=1S/C11H12F3NO2/c1-17-9(16)10(15,11(12,13)14)7-8-5-3-2-4-6-8/h2-6H,7,15H2,1H3/t10-/m1/s1. The molecular formula is C11H12F3NO2. The molecule has 0 aromatic heterocycles. The van der Waals surface area contributed by atoms with Crippen LogP contribution in [0.15, 0.2) is 30.3 Å². The molecule has 0 aliphatic heterocycles. The lowest BCUT2D eigenvalue weighted by atomic mass is 9.91. The first kappa shape index (κ1) is 13.5. The molecule has 1 aromatic rings. The Bertz CT molecular complexity index is 391. The number of carbonyl (C=O) groups excluding carboxylic acids is 1. The number of hydrogen-bond donors (Lipinski definition) is 1. The van der Waals surface area contributed by atoms with Crippen LogP contribution in [-0.4, -0.2) is 24.8 Å². The predicted molar refractivity (Wildman–Crippen MR) is 55.1 cm³/mol. The Morgan fingerprint density at radius 2 is 1.82 bits per heavy atom. The van der Waals surface area contributed by atoms with E-state index < -0.39 is 24.1 Å². The molecule has 1 rings (SSSR count). The summed E-state index contributed by atoms with van der Waals surface area (Å²) in [4.78, 5) is 11.2.